The lowest BCUT2D eigenvalue weighted by Crippen LogP contribution is -2.16. The van der Waals surface area contributed by atoms with Crippen LogP contribution in [0.15, 0.2) is 47.9 Å². The summed E-state index contributed by atoms with van der Waals surface area (Å²) in [5.41, 5.74) is 4.44. The van der Waals surface area contributed by atoms with Gasteiger partial charge in [-0.15, -0.1) is 0 Å². The van der Waals surface area contributed by atoms with Gasteiger partial charge < -0.3 is 5.32 Å². The Kier molecular flexibility index (Phi) is 6.64. The van der Waals surface area contributed by atoms with E-state index in [1.54, 1.807) is 0 Å². The molecule has 0 saturated carbocycles. The molecule has 0 bridgehead atoms. The molecule has 17 heavy (non-hydrogen) atoms. The van der Waals surface area contributed by atoms with Crippen molar-refractivity contribution in [3.8, 4) is 0 Å². The van der Waals surface area contributed by atoms with Gasteiger partial charge in [0.25, 0.3) is 0 Å². The van der Waals surface area contributed by atoms with Crippen LogP contribution in [0.2, 0.25) is 0 Å². The fourth-order valence-electron chi connectivity index (χ4n) is 1.36. The van der Waals surface area contributed by atoms with Crippen LogP contribution in [0.3, 0.4) is 0 Å². The highest BCUT2D eigenvalue weighted by Crippen LogP contribution is 2.17. The number of hydrogen-bond acceptors (Lipinski definition) is 1. The molecule has 0 aromatic heterocycles. The fourth-order valence-corrected chi connectivity index (χ4v) is 1.36. The molecule has 0 spiro atoms. The highest BCUT2D eigenvalue weighted by molar-refractivity contribution is 5.35. The Balaban J connectivity index is 4.71. The number of allylic oxidation sites excluding steroid dienone is 5. The minimum absolute atomic E-state index is 0.422. The molecule has 0 aliphatic heterocycles. The number of rotatable bonds is 6. The van der Waals surface area contributed by atoms with Crippen molar-refractivity contribution in [2.45, 2.75) is 41.5 Å². The number of hydrogen-bond donors (Lipinski definition) is 1. The molecule has 0 heterocycles. The molecular weight excluding hydrogens is 206 g/mol. The van der Waals surface area contributed by atoms with Crippen LogP contribution in [0.4, 0.5) is 0 Å². The van der Waals surface area contributed by atoms with Crippen molar-refractivity contribution in [1.82, 2.24) is 5.32 Å². The van der Waals surface area contributed by atoms with Gasteiger partial charge >= 0.3 is 0 Å². The molecule has 1 N–H and O–H groups in total. The molecule has 0 atom stereocenters. The molecule has 0 fully saturated rings. The van der Waals surface area contributed by atoms with E-state index in [0.29, 0.717) is 11.8 Å². The minimum Gasteiger partial charge on any atom is -0.359 e. The molecule has 0 radical (unpaired) electrons. The summed E-state index contributed by atoms with van der Waals surface area (Å²) < 4.78 is 0. The van der Waals surface area contributed by atoms with Crippen LogP contribution in [0.25, 0.3) is 0 Å². The minimum atomic E-state index is 0.422. The van der Waals surface area contributed by atoms with E-state index in [4.69, 9.17) is 0 Å². The smallest absolute Gasteiger partial charge is 0.0338 e. The van der Waals surface area contributed by atoms with Gasteiger partial charge in [0, 0.05) is 11.4 Å². The van der Waals surface area contributed by atoms with Gasteiger partial charge in [-0.1, -0.05) is 53.0 Å². The SMILES string of the molecule is C=C(NC(=C)C(C)C)/C(C)=C\C(=C/C)C(C)C. The second-order valence-electron chi connectivity index (χ2n) is 5.05. The predicted molar refractivity (Wildman–Crippen MR) is 78.6 cm³/mol. The summed E-state index contributed by atoms with van der Waals surface area (Å²) in [5.74, 6) is 0.960. The van der Waals surface area contributed by atoms with E-state index in [-0.39, 0.29) is 0 Å². The standard InChI is InChI=1S/C16H27N/c1-9-16(12(4)5)10-13(6)15(8)17-14(7)11(2)3/h9-12,17H,7-8H2,1-6H3/b13-10-,16-9+. The molecule has 0 rings (SSSR count). The van der Waals surface area contributed by atoms with Crippen LogP contribution in [0.1, 0.15) is 41.5 Å². The Labute approximate surface area is 107 Å². The quantitative estimate of drug-likeness (QED) is 0.649. The average Bonchev–Trinajstić information content (AvgIpc) is 2.24. The number of nitrogens with one attached hydrogen (secondary N) is 1. The van der Waals surface area contributed by atoms with Gasteiger partial charge in [-0.3, -0.25) is 0 Å². The maximum Gasteiger partial charge on any atom is 0.0338 e. The van der Waals surface area contributed by atoms with Gasteiger partial charge in [-0.25, -0.2) is 0 Å². The van der Waals surface area contributed by atoms with Crippen molar-refractivity contribution < 1.29 is 0 Å². The lowest BCUT2D eigenvalue weighted by molar-refractivity contribution is 0.706. The fraction of sp³-hybridized carbons (Fsp3) is 0.500. The van der Waals surface area contributed by atoms with E-state index < -0.39 is 0 Å². The van der Waals surface area contributed by atoms with Crippen LogP contribution >= 0.6 is 0 Å². The zero-order valence-corrected chi connectivity index (χ0v) is 12.2. The zero-order valence-electron chi connectivity index (χ0n) is 12.2. The molecule has 0 aliphatic rings. The summed E-state index contributed by atoms with van der Waals surface area (Å²) >= 11 is 0. The summed E-state index contributed by atoms with van der Waals surface area (Å²) in [6.45, 7) is 20.8. The van der Waals surface area contributed by atoms with Crippen molar-refractivity contribution >= 4 is 0 Å². The Morgan fingerprint density at radius 3 is 1.94 bits per heavy atom. The Morgan fingerprint density at radius 1 is 1.06 bits per heavy atom. The summed E-state index contributed by atoms with van der Waals surface area (Å²) in [6.07, 6.45) is 4.34. The Hall–Kier alpha value is -1.24. The van der Waals surface area contributed by atoms with Gasteiger partial charge in [0.1, 0.15) is 0 Å². The molecule has 96 valence electrons. The van der Waals surface area contributed by atoms with Crippen molar-refractivity contribution in [2.24, 2.45) is 11.8 Å². The normalized spacial score (nSPS) is 13.2. The van der Waals surface area contributed by atoms with Gasteiger partial charge in [0.15, 0.2) is 0 Å². The van der Waals surface area contributed by atoms with Gasteiger partial charge in [0.2, 0.25) is 0 Å². The second-order valence-corrected chi connectivity index (χ2v) is 5.05. The molecule has 1 heteroatoms. The van der Waals surface area contributed by atoms with Crippen LogP contribution in [0.5, 0.6) is 0 Å². The van der Waals surface area contributed by atoms with Gasteiger partial charge in [0.05, 0.1) is 0 Å². The molecule has 0 unspecified atom stereocenters. The van der Waals surface area contributed by atoms with Gasteiger partial charge in [-0.2, -0.15) is 0 Å². The zero-order chi connectivity index (χ0) is 13.6. The lowest BCUT2D eigenvalue weighted by atomic mass is 9.99. The average molecular weight is 233 g/mol. The summed E-state index contributed by atoms with van der Waals surface area (Å²) in [5, 5.41) is 3.26. The first-order valence-electron chi connectivity index (χ1n) is 6.29. The molecule has 0 aromatic rings. The van der Waals surface area contributed by atoms with Crippen LogP contribution in [-0.2, 0) is 0 Å². The van der Waals surface area contributed by atoms with Crippen LogP contribution in [-0.4, -0.2) is 0 Å². The van der Waals surface area contributed by atoms with E-state index in [1.807, 2.05) is 0 Å². The van der Waals surface area contributed by atoms with Gasteiger partial charge in [-0.05, 0) is 36.8 Å². The van der Waals surface area contributed by atoms with E-state index in [1.165, 1.54) is 5.57 Å². The van der Waals surface area contributed by atoms with Crippen LogP contribution in [0, 0.1) is 11.8 Å². The van der Waals surface area contributed by atoms with E-state index in [2.05, 4.69) is 72.2 Å². The van der Waals surface area contributed by atoms with E-state index in [9.17, 15) is 0 Å². The third-order valence-corrected chi connectivity index (χ3v) is 2.87. The first-order chi connectivity index (χ1) is 7.79. The van der Waals surface area contributed by atoms with Crippen LogP contribution < -0.4 is 5.32 Å². The first-order valence-corrected chi connectivity index (χ1v) is 6.29. The molecule has 1 nitrogen and oxygen atoms in total. The summed E-state index contributed by atoms with van der Waals surface area (Å²) in [7, 11) is 0. The monoisotopic (exact) mass is 233 g/mol. The highest BCUT2D eigenvalue weighted by atomic mass is 14.9. The molecule has 0 saturated heterocycles. The van der Waals surface area contributed by atoms with Crippen molar-refractivity contribution in [3.05, 3.63) is 47.9 Å². The highest BCUT2D eigenvalue weighted by Gasteiger charge is 2.05. The van der Waals surface area contributed by atoms with E-state index >= 15 is 0 Å². The molecule has 0 amide bonds. The summed E-state index contributed by atoms with van der Waals surface area (Å²) in [4.78, 5) is 0. The molecular formula is C16H27N. The largest absolute Gasteiger partial charge is 0.359 e. The maximum absolute atomic E-state index is 4.06. The maximum atomic E-state index is 4.06. The second kappa shape index (κ2) is 7.16. The lowest BCUT2D eigenvalue weighted by Gasteiger charge is -2.16. The van der Waals surface area contributed by atoms with Crippen molar-refractivity contribution in [1.29, 1.82) is 0 Å². The van der Waals surface area contributed by atoms with Crippen molar-refractivity contribution in [3.63, 3.8) is 0 Å². The summed E-state index contributed by atoms with van der Waals surface area (Å²) in [6, 6.07) is 0. The predicted octanol–water partition coefficient (Wildman–Crippen LogP) is 4.81. The molecule has 0 aromatic carbocycles. The third kappa shape index (κ3) is 5.58. The topological polar surface area (TPSA) is 12.0 Å². The van der Waals surface area contributed by atoms with E-state index in [0.717, 1.165) is 17.0 Å². The third-order valence-electron chi connectivity index (χ3n) is 2.87. The molecule has 0 aliphatic carbocycles. The van der Waals surface area contributed by atoms with Crippen molar-refractivity contribution in [2.75, 3.05) is 0 Å². The first kappa shape index (κ1) is 15.8. The Bertz CT molecular complexity index is 341. The Morgan fingerprint density at radius 2 is 1.59 bits per heavy atom.